The number of benzene rings is 1. The molecule has 3 nitrogen and oxygen atoms in total. The number of Topliss-reactive ketones (excluding diaryl/α,β-unsaturated/α-hetero) is 1. The molecule has 0 heterocycles. The highest BCUT2D eigenvalue weighted by atomic mass is 16.3. The van der Waals surface area contributed by atoms with Crippen LogP contribution in [0.25, 0.3) is 0 Å². The molecule has 21 heavy (non-hydrogen) atoms. The fourth-order valence-electron chi connectivity index (χ4n) is 2.40. The molecule has 1 aromatic rings. The predicted molar refractivity (Wildman–Crippen MR) is 85.5 cm³/mol. The molecule has 3 heteroatoms. The fraction of sp³-hybridized carbons (Fsp3) is 0.611. The van der Waals surface area contributed by atoms with Gasteiger partial charge in [0.15, 0.2) is 5.78 Å². The molecule has 2 unspecified atom stereocenters. The van der Waals surface area contributed by atoms with Crippen LogP contribution in [-0.2, 0) is 6.42 Å². The molecular weight excluding hydrogens is 264 g/mol. The van der Waals surface area contributed by atoms with Gasteiger partial charge >= 0.3 is 0 Å². The van der Waals surface area contributed by atoms with E-state index in [0.717, 1.165) is 18.4 Å². The van der Waals surface area contributed by atoms with Crippen molar-refractivity contribution in [1.29, 1.82) is 0 Å². The van der Waals surface area contributed by atoms with Crippen molar-refractivity contribution in [3.8, 4) is 0 Å². The minimum atomic E-state index is -0.737. The topological polar surface area (TPSA) is 57.5 Å². The zero-order valence-corrected chi connectivity index (χ0v) is 13.2. The molecule has 0 aliphatic rings. The van der Waals surface area contributed by atoms with Gasteiger partial charge in [0.25, 0.3) is 0 Å². The number of unbranched alkanes of at least 4 members (excludes halogenated alkanes) is 4. The first-order chi connectivity index (χ1) is 10.0. The second-order valence-corrected chi connectivity index (χ2v) is 5.79. The van der Waals surface area contributed by atoms with Gasteiger partial charge in [-0.05, 0) is 18.9 Å². The Kier molecular flexibility index (Phi) is 8.24. The smallest absolute Gasteiger partial charge is 0.159 e. The van der Waals surface area contributed by atoms with Crippen LogP contribution in [0.1, 0.15) is 68.3 Å². The fourth-order valence-corrected chi connectivity index (χ4v) is 2.40. The molecule has 1 rings (SSSR count). The van der Waals surface area contributed by atoms with E-state index in [1.165, 1.54) is 26.2 Å². The summed E-state index contributed by atoms with van der Waals surface area (Å²) in [5.41, 5.74) is 1.61. The quantitative estimate of drug-likeness (QED) is 0.512. The van der Waals surface area contributed by atoms with Gasteiger partial charge in [-0.15, -0.1) is 0 Å². The lowest BCUT2D eigenvalue weighted by atomic mass is 9.98. The van der Waals surface area contributed by atoms with Crippen LogP contribution in [0.3, 0.4) is 0 Å². The summed E-state index contributed by atoms with van der Waals surface area (Å²) in [6.45, 7) is 3.71. The number of carbonyl (C=O) groups excluding carboxylic acids is 1. The summed E-state index contributed by atoms with van der Waals surface area (Å²) in [5, 5.41) is 20.0. The van der Waals surface area contributed by atoms with Gasteiger partial charge < -0.3 is 10.2 Å². The van der Waals surface area contributed by atoms with Crippen LogP contribution in [0.15, 0.2) is 24.3 Å². The summed E-state index contributed by atoms with van der Waals surface area (Å²) in [4.78, 5) is 11.2. The minimum absolute atomic E-state index is 0.0363. The average molecular weight is 292 g/mol. The molecule has 0 amide bonds. The van der Waals surface area contributed by atoms with Crippen LogP contribution >= 0.6 is 0 Å². The molecule has 0 radical (unpaired) electrons. The van der Waals surface area contributed by atoms with E-state index >= 15 is 0 Å². The molecule has 0 saturated heterocycles. The van der Waals surface area contributed by atoms with E-state index < -0.39 is 12.2 Å². The van der Waals surface area contributed by atoms with Crippen LogP contribution in [0, 0.1) is 0 Å². The Labute approximate surface area is 128 Å². The number of ketones is 1. The summed E-state index contributed by atoms with van der Waals surface area (Å²) in [5.74, 6) is 0.0363. The predicted octanol–water partition coefficient (Wildman–Crippen LogP) is 3.51. The number of hydrogen-bond donors (Lipinski definition) is 2. The minimum Gasteiger partial charge on any atom is -0.390 e. The molecule has 0 aromatic heterocycles. The Morgan fingerprint density at radius 2 is 1.62 bits per heavy atom. The lowest BCUT2D eigenvalue weighted by Crippen LogP contribution is -2.27. The van der Waals surface area contributed by atoms with Gasteiger partial charge in [0.1, 0.15) is 0 Å². The zero-order chi connectivity index (χ0) is 15.7. The largest absolute Gasteiger partial charge is 0.390 e. The number of aliphatic hydroxyl groups is 2. The lowest BCUT2D eigenvalue weighted by molar-refractivity contribution is 0.0137. The molecule has 0 spiro atoms. The molecule has 2 atom stereocenters. The van der Waals surface area contributed by atoms with Crippen LogP contribution < -0.4 is 0 Å². The highest BCUT2D eigenvalue weighted by Gasteiger charge is 2.16. The third kappa shape index (κ3) is 6.87. The number of aliphatic hydroxyl groups excluding tert-OH is 2. The number of carbonyl (C=O) groups is 1. The third-order valence-electron chi connectivity index (χ3n) is 3.85. The number of rotatable bonds is 10. The van der Waals surface area contributed by atoms with Crippen LogP contribution in [0.5, 0.6) is 0 Å². The normalized spacial score (nSPS) is 13.9. The van der Waals surface area contributed by atoms with Crippen molar-refractivity contribution in [3.05, 3.63) is 35.4 Å². The summed E-state index contributed by atoms with van der Waals surface area (Å²) < 4.78 is 0. The monoisotopic (exact) mass is 292 g/mol. The van der Waals surface area contributed by atoms with Gasteiger partial charge in [-0.1, -0.05) is 63.3 Å². The van der Waals surface area contributed by atoms with E-state index in [-0.39, 0.29) is 5.78 Å². The maximum atomic E-state index is 11.2. The van der Waals surface area contributed by atoms with E-state index in [0.29, 0.717) is 18.4 Å². The summed E-state index contributed by atoms with van der Waals surface area (Å²) in [7, 11) is 0. The summed E-state index contributed by atoms with van der Waals surface area (Å²) in [6.07, 6.45) is 5.39. The first kappa shape index (κ1) is 17.9. The Morgan fingerprint density at radius 3 is 2.19 bits per heavy atom. The molecule has 0 aliphatic carbocycles. The van der Waals surface area contributed by atoms with E-state index in [9.17, 15) is 15.0 Å². The highest BCUT2D eigenvalue weighted by molar-refractivity contribution is 5.93. The second kappa shape index (κ2) is 9.69. The molecular formula is C18H28O3. The molecule has 0 bridgehead atoms. The van der Waals surface area contributed by atoms with Gasteiger partial charge in [0, 0.05) is 12.0 Å². The molecule has 118 valence electrons. The van der Waals surface area contributed by atoms with E-state index in [2.05, 4.69) is 6.92 Å². The van der Waals surface area contributed by atoms with Crippen molar-refractivity contribution in [2.45, 2.75) is 71.0 Å². The van der Waals surface area contributed by atoms with Crippen molar-refractivity contribution in [2.75, 3.05) is 0 Å². The maximum absolute atomic E-state index is 11.2. The van der Waals surface area contributed by atoms with Crippen molar-refractivity contribution < 1.29 is 15.0 Å². The van der Waals surface area contributed by atoms with Crippen molar-refractivity contribution in [2.24, 2.45) is 0 Å². The van der Waals surface area contributed by atoms with Crippen molar-refractivity contribution in [3.63, 3.8) is 0 Å². The summed E-state index contributed by atoms with van der Waals surface area (Å²) in [6, 6.07) is 7.21. The highest BCUT2D eigenvalue weighted by Crippen LogP contribution is 2.14. The Bertz CT molecular complexity index is 411. The van der Waals surface area contributed by atoms with E-state index in [1.54, 1.807) is 12.1 Å². The SMILES string of the molecule is CCCCCCCC(O)C(O)Cc1ccc(C(C)=O)cc1. The molecule has 0 saturated carbocycles. The maximum Gasteiger partial charge on any atom is 0.159 e. The lowest BCUT2D eigenvalue weighted by Gasteiger charge is -2.18. The van der Waals surface area contributed by atoms with Crippen LogP contribution in [0.2, 0.25) is 0 Å². The summed E-state index contributed by atoms with van der Waals surface area (Å²) >= 11 is 0. The Morgan fingerprint density at radius 1 is 1.00 bits per heavy atom. The zero-order valence-electron chi connectivity index (χ0n) is 13.2. The average Bonchev–Trinajstić information content (AvgIpc) is 2.47. The van der Waals surface area contributed by atoms with E-state index in [1.807, 2.05) is 12.1 Å². The second-order valence-electron chi connectivity index (χ2n) is 5.79. The van der Waals surface area contributed by atoms with Gasteiger partial charge in [-0.25, -0.2) is 0 Å². The van der Waals surface area contributed by atoms with Crippen molar-refractivity contribution >= 4 is 5.78 Å². The van der Waals surface area contributed by atoms with Gasteiger partial charge in [-0.3, -0.25) is 4.79 Å². The van der Waals surface area contributed by atoms with E-state index in [4.69, 9.17) is 0 Å². The van der Waals surface area contributed by atoms with Crippen LogP contribution in [-0.4, -0.2) is 28.2 Å². The first-order valence-electron chi connectivity index (χ1n) is 8.00. The number of hydrogen-bond acceptors (Lipinski definition) is 3. The molecule has 2 N–H and O–H groups in total. The van der Waals surface area contributed by atoms with Gasteiger partial charge in [-0.2, -0.15) is 0 Å². The Hall–Kier alpha value is -1.19. The van der Waals surface area contributed by atoms with Gasteiger partial charge in [0.2, 0.25) is 0 Å². The first-order valence-corrected chi connectivity index (χ1v) is 8.00. The molecule has 0 aliphatic heterocycles. The Balaban J connectivity index is 2.34. The molecule has 1 aromatic carbocycles. The van der Waals surface area contributed by atoms with Crippen LogP contribution in [0.4, 0.5) is 0 Å². The third-order valence-corrected chi connectivity index (χ3v) is 3.85. The van der Waals surface area contributed by atoms with Gasteiger partial charge in [0.05, 0.1) is 12.2 Å². The van der Waals surface area contributed by atoms with Crippen molar-refractivity contribution in [1.82, 2.24) is 0 Å². The molecule has 0 fully saturated rings. The standard InChI is InChI=1S/C18H28O3/c1-3-4-5-6-7-8-17(20)18(21)13-15-9-11-16(12-10-15)14(2)19/h9-12,17-18,20-21H,3-8,13H2,1-2H3.